The van der Waals surface area contributed by atoms with Crippen LogP contribution in [0.15, 0.2) is 0 Å². The Morgan fingerprint density at radius 1 is 0.362 bits per heavy atom. The molecule has 0 aromatic heterocycles. The van der Waals surface area contributed by atoms with Gasteiger partial charge in [-0.2, -0.15) is 0 Å². The fourth-order valence-electron chi connectivity index (χ4n) is 6.35. The summed E-state index contributed by atoms with van der Waals surface area (Å²) < 4.78 is 11.7. The van der Waals surface area contributed by atoms with Crippen LogP contribution < -0.4 is 0 Å². The van der Waals surface area contributed by atoms with Gasteiger partial charge >= 0.3 is 11.9 Å². The monoisotopic (exact) mass is 667 g/mol. The van der Waals surface area contributed by atoms with Crippen LogP contribution >= 0.6 is 0 Å². The van der Waals surface area contributed by atoms with E-state index in [-0.39, 0.29) is 11.9 Å². The van der Waals surface area contributed by atoms with Crippen molar-refractivity contribution in [1.29, 1.82) is 0 Å². The zero-order valence-corrected chi connectivity index (χ0v) is 32.5. The number of hydrogen-bond donors (Lipinski definition) is 0. The third-order valence-electron chi connectivity index (χ3n) is 9.89. The van der Waals surface area contributed by atoms with Gasteiger partial charge in [-0.3, -0.25) is 9.59 Å². The van der Waals surface area contributed by atoms with Gasteiger partial charge in [-0.15, -0.1) is 0 Å². The van der Waals surface area contributed by atoms with Gasteiger partial charge in [-0.25, -0.2) is 0 Å². The van der Waals surface area contributed by atoms with E-state index in [1.165, 1.54) is 167 Å². The average Bonchev–Trinajstić information content (AvgIpc) is 3.04. The van der Waals surface area contributed by atoms with E-state index < -0.39 is 0 Å². The molecule has 0 atom stereocenters. The summed E-state index contributed by atoms with van der Waals surface area (Å²) in [7, 11) is 4.20. The minimum absolute atomic E-state index is 0.0741. The molecule has 0 bridgehead atoms. The molecule has 0 saturated carbocycles. The minimum Gasteiger partial charge on any atom is -0.460 e. The first kappa shape index (κ1) is 45.9. The molecular weight excluding hydrogens is 582 g/mol. The van der Waals surface area contributed by atoms with Crippen LogP contribution in [0, 0.1) is 0 Å². The fourth-order valence-corrected chi connectivity index (χ4v) is 6.35. The van der Waals surface area contributed by atoms with Gasteiger partial charge in [0.25, 0.3) is 0 Å². The Kier molecular flexibility index (Phi) is 35.3. The van der Waals surface area contributed by atoms with Crippen LogP contribution in [0.3, 0.4) is 0 Å². The van der Waals surface area contributed by atoms with E-state index in [0.29, 0.717) is 30.5 Å². The highest BCUT2D eigenvalue weighted by Gasteiger charge is 2.17. The summed E-state index contributed by atoms with van der Waals surface area (Å²) in [5.74, 6) is -0.149. The molecule has 0 unspecified atom stereocenters. The maximum absolute atomic E-state index is 12.2. The zero-order valence-electron chi connectivity index (χ0n) is 32.5. The lowest BCUT2D eigenvalue weighted by Crippen LogP contribution is -2.45. The van der Waals surface area contributed by atoms with Crippen molar-refractivity contribution in [1.82, 2.24) is 0 Å². The lowest BCUT2D eigenvalue weighted by Gasteiger charge is -2.29. The Balaban J connectivity index is 3.47. The molecule has 5 nitrogen and oxygen atoms in total. The SMILES string of the molecule is CCCCCCCCCCCCCCCCCCC(=O)OCC[N+](C)(C)CCOC(=O)CCCCCCCCCCCCCCCC. The number of ether oxygens (including phenoxy) is 2. The minimum atomic E-state index is -0.0748. The van der Waals surface area contributed by atoms with E-state index in [9.17, 15) is 9.59 Å². The maximum Gasteiger partial charge on any atom is 0.305 e. The Morgan fingerprint density at radius 3 is 0.809 bits per heavy atom. The number of unbranched alkanes of at least 4 members (excludes halogenated alkanes) is 28. The van der Waals surface area contributed by atoms with Crippen LogP contribution in [-0.2, 0) is 19.1 Å². The number of carbonyl (C=O) groups is 2. The Bertz CT molecular complexity index is 665. The van der Waals surface area contributed by atoms with Gasteiger partial charge < -0.3 is 14.0 Å². The highest BCUT2D eigenvalue weighted by Crippen LogP contribution is 2.15. The summed E-state index contributed by atoms with van der Waals surface area (Å²) in [6.45, 7) is 6.89. The summed E-state index contributed by atoms with van der Waals surface area (Å²) in [6, 6.07) is 0. The summed E-state index contributed by atoms with van der Waals surface area (Å²) >= 11 is 0. The lowest BCUT2D eigenvalue weighted by molar-refractivity contribution is -0.890. The number of quaternary nitrogens is 1. The molecule has 0 aliphatic heterocycles. The molecule has 280 valence electrons. The van der Waals surface area contributed by atoms with Crippen molar-refractivity contribution < 1.29 is 23.5 Å². The van der Waals surface area contributed by atoms with Gasteiger partial charge in [0, 0.05) is 12.8 Å². The third-order valence-corrected chi connectivity index (χ3v) is 9.89. The Morgan fingerprint density at radius 2 is 0.574 bits per heavy atom. The van der Waals surface area contributed by atoms with Crippen molar-refractivity contribution >= 4 is 11.9 Å². The van der Waals surface area contributed by atoms with Crippen molar-refractivity contribution in [2.45, 2.75) is 219 Å². The van der Waals surface area contributed by atoms with Gasteiger partial charge in [-0.05, 0) is 12.8 Å². The quantitative estimate of drug-likeness (QED) is 0.0374. The number of esters is 2. The number of hydrogen-bond acceptors (Lipinski definition) is 4. The van der Waals surface area contributed by atoms with E-state index in [0.717, 1.165) is 38.8 Å². The molecule has 0 aromatic carbocycles. The molecular formula is C42H84NO4+. The standard InChI is InChI=1S/C42H84NO4/c1-5-7-9-11-13-15-17-19-21-22-24-26-28-30-32-34-36-42(45)47-40-38-43(3,4)37-39-46-41(44)35-33-31-29-27-25-23-20-18-16-14-12-10-8-6-2/h5-40H2,1-4H3/q+1. The van der Waals surface area contributed by atoms with Gasteiger partial charge in [0.05, 0.1) is 14.1 Å². The Labute approximate surface area is 294 Å². The highest BCUT2D eigenvalue weighted by atomic mass is 16.5. The van der Waals surface area contributed by atoms with Crippen LogP contribution in [0.5, 0.6) is 0 Å². The van der Waals surface area contributed by atoms with Crippen molar-refractivity contribution in [2.75, 3.05) is 40.4 Å². The first-order chi connectivity index (χ1) is 22.9. The average molecular weight is 667 g/mol. The van der Waals surface area contributed by atoms with E-state index >= 15 is 0 Å². The summed E-state index contributed by atoms with van der Waals surface area (Å²) in [5, 5.41) is 0. The summed E-state index contributed by atoms with van der Waals surface area (Å²) in [6.07, 6.45) is 40.9. The van der Waals surface area contributed by atoms with Crippen molar-refractivity contribution in [2.24, 2.45) is 0 Å². The molecule has 0 saturated heterocycles. The zero-order chi connectivity index (χ0) is 34.5. The number of likely N-dealkylation sites (N-methyl/N-ethyl adjacent to an activating group) is 1. The van der Waals surface area contributed by atoms with E-state index in [1.54, 1.807) is 0 Å². The van der Waals surface area contributed by atoms with Crippen molar-refractivity contribution in [3.8, 4) is 0 Å². The number of carbonyl (C=O) groups excluding carboxylic acids is 2. The van der Waals surface area contributed by atoms with E-state index in [4.69, 9.17) is 9.47 Å². The second-order valence-corrected chi connectivity index (χ2v) is 15.2. The second kappa shape index (κ2) is 36.2. The van der Waals surface area contributed by atoms with Gasteiger partial charge in [-0.1, -0.05) is 194 Å². The molecule has 0 aromatic rings. The molecule has 0 spiro atoms. The van der Waals surface area contributed by atoms with Crippen molar-refractivity contribution in [3.63, 3.8) is 0 Å². The largest absolute Gasteiger partial charge is 0.460 e. The molecule has 0 aliphatic carbocycles. The highest BCUT2D eigenvalue weighted by molar-refractivity contribution is 5.69. The Hall–Kier alpha value is -1.10. The number of rotatable bonds is 38. The molecule has 0 aliphatic rings. The maximum atomic E-state index is 12.2. The van der Waals surface area contributed by atoms with Crippen molar-refractivity contribution in [3.05, 3.63) is 0 Å². The first-order valence-corrected chi connectivity index (χ1v) is 21.0. The molecule has 0 N–H and O–H groups in total. The predicted octanol–water partition coefficient (Wildman–Crippen LogP) is 12.7. The van der Waals surface area contributed by atoms with Crippen LogP contribution in [0.2, 0.25) is 0 Å². The topological polar surface area (TPSA) is 52.6 Å². The van der Waals surface area contributed by atoms with Crippen LogP contribution in [0.1, 0.15) is 219 Å². The molecule has 0 fully saturated rings. The first-order valence-electron chi connectivity index (χ1n) is 21.0. The fraction of sp³-hybridized carbons (Fsp3) is 0.952. The van der Waals surface area contributed by atoms with Crippen LogP contribution in [0.4, 0.5) is 0 Å². The van der Waals surface area contributed by atoms with Crippen LogP contribution in [-0.4, -0.2) is 56.8 Å². The molecule has 5 heteroatoms. The van der Waals surface area contributed by atoms with E-state index in [1.807, 2.05) is 0 Å². The van der Waals surface area contributed by atoms with Crippen LogP contribution in [0.25, 0.3) is 0 Å². The summed E-state index contributed by atoms with van der Waals surface area (Å²) in [4.78, 5) is 24.3. The van der Waals surface area contributed by atoms with Gasteiger partial charge in [0.15, 0.2) is 0 Å². The second-order valence-electron chi connectivity index (χ2n) is 15.2. The number of nitrogens with zero attached hydrogens (tertiary/aromatic N) is 1. The van der Waals surface area contributed by atoms with E-state index in [2.05, 4.69) is 27.9 Å². The molecule has 47 heavy (non-hydrogen) atoms. The smallest absolute Gasteiger partial charge is 0.305 e. The normalized spacial score (nSPS) is 11.7. The molecule has 0 heterocycles. The predicted molar refractivity (Wildman–Crippen MR) is 203 cm³/mol. The molecule has 0 radical (unpaired) electrons. The molecule has 0 rings (SSSR count). The lowest BCUT2D eigenvalue weighted by atomic mass is 10.0. The van der Waals surface area contributed by atoms with Gasteiger partial charge in [0.1, 0.15) is 26.3 Å². The van der Waals surface area contributed by atoms with Gasteiger partial charge in [0.2, 0.25) is 0 Å². The molecule has 0 amide bonds. The third kappa shape index (κ3) is 37.6. The summed E-state index contributed by atoms with van der Waals surface area (Å²) in [5.41, 5.74) is 0.